The number of carbonyl (C=O) groups excluding carboxylic acids is 1. The van der Waals surface area contributed by atoms with E-state index in [1.807, 2.05) is 36.4 Å². The van der Waals surface area contributed by atoms with Gasteiger partial charge in [-0.25, -0.2) is 12.4 Å². The third kappa shape index (κ3) is 3.80. The molecule has 0 bridgehead atoms. The number of rotatable bonds is 6. The Morgan fingerprint density at radius 3 is 2.50 bits per heavy atom. The summed E-state index contributed by atoms with van der Waals surface area (Å²) in [5.74, 6) is -0.321. The number of hydrogen-bond donors (Lipinski definition) is 0. The zero-order valence-corrected chi connectivity index (χ0v) is 17.9. The third-order valence-electron chi connectivity index (χ3n) is 5.09. The van der Waals surface area contributed by atoms with Crippen molar-refractivity contribution < 1.29 is 17.9 Å². The molecule has 1 heterocycles. The molecule has 3 aromatic carbocycles. The minimum absolute atomic E-state index is 0.211. The van der Waals surface area contributed by atoms with Gasteiger partial charge in [0.25, 0.3) is 10.0 Å². The van der Waals surface area contributed by atoms with Crippen LogP contribution in [0.25, 0.3) is 21.7 Å². The highest BCUT2D eigenvalue weighted by molar-refractivity contribution is 7.90. The topological polar surface area (TPSA) is 65.4 Å². The van der Waals surface area contributed by atoms with E-state index in [2.05, 4.69) is 4.74 Å². The maximum absolute atomic E-state index is 13.6. The number of ether oxygens (including phenoxy) is 1. The molecule has 5 nitrogen and oxygen atoms in total. The number of benzene rings is 3. The monoisotopic (exact) mass is 441 g/mol. The summed E-state index contributed by atoms with van der Waals surface area (Å²) in [6.07, 6.45) is 1.10. The van der Waals surface area contributed by atoms with Gasteiger partial charge in [0.15, 0.2) is 0 Å². The van der Waals surface area contributed by atoms with Crippen molar-refractivity contribution in [1.82, 2.24) is 3.97 Å². The SMILES string of the molecule is COC(=O)CCCc1cc2cc(Cl)ccc2n1S(=O)(=O)c1ccc2ccccc2c1. The molecule has 154 valence electrons. The first-order chi connectivity index (χ1) is 14.4. The molecule has 0 N–H and O–H groups in total. The van der Waals surface area contributed by atoms with Crippen LogP contribution in [-0.4, -0.2) is 25.5 Å². The summed E-state index contributed by atoms with van der Waals surface area (Å²) in [6.45, 7) is 0. The lowest BCUT2D eigenvalue weighted by molar-refractivity contribution is -0.140. The predicted octanol–water partition coefficient (Wildman–Crippen LogP) is 5.18. The smallest absolute Gasteiger partial charge is 0.305 e. The molecule has 0 aliphatic heterocycles. The van der Waals surface area contributed by atoms with Crippen LogP contribution in [0.5, 0.6) is 0 Å². The van der Waals surface area contributed by atoms with E-state index in [0.717, 1.165) is 16.2 Å². The number of carbonyl (C=O) groups is 1. The van der Waals surface area contributed by atoms with Crippen molar-refractivity contribution in [1.29, 1.82) is 0 Å². The summed E-state index contributed by atoms with van der Waals surface area (Å²) in [6, 6.07) is 19.7. The summed E-state index contributed by atoms with van der Waals surface area (Å²) in [5, 5.41) is 3.09. The van der Waals surface area contributed by atoms with Gasteiger partial charge in [0.2, 0.25) is 0 Å². The second-order valence-corrected chi connectivity index (χ2v) is 9.27. The van der Waals surface area contributed by atoms with E-state index in [9.17, 15) is 13.2 Å². The molecule has 4 rings (SSSR count). The van der Waals surface area contributed by atoms with E-state index in [1.165, 1.54) is 11.1 Å². The highest BCUT2D eigenvalue weighted by Crippen LogP contribution is 2.30. The molecule has 0 fully saturated rings. The minimum atomic E-state index is -3.86. The van der Waals surface area contributed by atoms with Gasteiger partial charge in [-0.05, 0) is 60.0 Å². The zero-order chi connectivity index (χ0) is 21.3. The summed E-state index contributed by atoms with van der Waals surface area (Å²) >= 11 is 6.12. The van der Waals surface area contributed by atoms with E-state index in [1.54, 1.807) is 30.3 Å². The molecule has 30 heavy (non-hydrogen) atoms. The fraction of sp³-hybridized carbons (Fsp3) is 0.174. The average Bonchev–Trinajstić information content (AvgIpc) is 3.11. The molecular formula is C23H20ClNO4S. The van der Waals surface area contributed by atoms with Gasteiger partial charge < -0.3 is 4.74 Å². The average molecular weight is 442 g/mol. The van der Waals surface area contributed by atoms with Crippen molar-refractivity contribution in [2.24, 2.45) is 0 Å². The lowest BCUT2D eigenvalue weighted by Crippen LogP contribution is -2.16. The Labute approximate surface area is 179 Å². The molecule has 1 aromatic heterocycles. The van der Waals surface area contributed by atoms with Crippen LogP contribution >= 0.6 is 11.6 Å². The van der Waals surface area contributed by atoms with Crippen molar-refractivity contribution in [2.75, 3.05) is 7.11 Å². The molecular weight excluding hydrogens is 422 g/mol. The summed E-state index contributed by atoms with van der Waals surface area (Å²) in [4.78, 5) is 11.7. The lowest BCUT2D eigenvalue weighted by atomic mass is 10.1. The molecule has 0 amide bonds. The number of esters is 1. The van der Waals surface area contributed by atoms with Gasteiger partial charge in [0, 0.05) is 22.5 Å². The van der Waals surface area contributed by atoms with E-state index < -0.39 is 10.0 Å². The fourth-order valence-corrected chi connectivity index (χ4v) is 5.41. The van der Waals surface area contributed by atoms with Crippen LogP contribution in [-0.2, 0) is 26.0 Å². The number of nitrogens with zero attached hydrogens (tertiary/aromatic N) is 1. The van der Waals surface area contributed by atoms with E-state index in [-0.39, 0.29) is 17.3 Å². The predicted molar refractivity (Wildman–Crippen MR) is 118 cm³/mol. The molecule has 4 aromatic rings. The summed E-state index contributed by atoms with van der Waals surface area (Å²) in [5.41, 5.74) is 1.16. The Hall–Kier alpha value is -2.83. The van der Waals surface area contributed by atoms with Crippen LogP contribution in [0.4, 0.5) is 0 Å². The molecule has 7 heteroatoms. The zero-order valence-electron chi connectivity index (χ0n) is 16.3. The van der Waals surface area contributed by atoms with Crippen LogP contribution in [0, 0.1) is 0 Å². The largest absolute Gasteiger partial charge is 0.469 e. The van der Waals surface area contributed by atoms with E-state index in [0.29, 0.717) is 29.1 Å². The van der Waals surface area contributed by atoms with Gasteiger partial charge in [0.05, 0.1) is 17.5 Å². The number of hydrogen-bond acceptors (Lipinski definition) is 4. The number of aryl methyl sites for hydroxylation is 1. The van der Waals surface area contributed by atoms with Crippen molar-refractivity contribution in [2.45, 2.75) is 24.2 Å². The number of halogens is 1. The maximum atomic E-state index is 13.6. The Morgan fingerprint density at radius 2 is 1.73 bits per heavy atom. The number of aromatic nitrogens is 1. The Bertz CT molecular complexity index is 1360. The van der Waals surface area contributed by atoms with Gasteiger partial charge in [-0.3, -0.25) is 4.79 Å². The number of methoxy groups -OCH3 is 1. The van der Waals surface area contributed by atoms with Gasteiger partial charge in [-0.15, -0.1) is 0 Å². The van der Waals surface area contributed by atoms with Crippen LogP contribution in [0.15, 0.2) is 71.6 Å². The van der Waals surface area contributed by atoms with E-state index in [4.69, 9.17) is 11.6 Å². The third-order valence-corrected chi connectivity index (χ3v) is 7.09. The van der Waals surface area contributed by atoms with Gasteiger partial charge >= 0.3 is 5.97 Å². The maximum Gasteiger partial charge on any atom is 0.305 e. The van der Waals surface area contributed by atoms with Crippen molar-refractivity contribution in [3.8, 4) is 0 Å². The first-order valence-corrected chi connectivity index (χ1v) is 11.3. The standard InChI is InChI=1S/C23H20ClNO4S/c1-29-23(26)8-4-7-20-14-18-13-19(24)10-12-22(18)25(20)30(27,28)21-11-9-16-5-2-3-6-17(16)15-21/h2-3,5-6,9-15H,4,7-8H2,1H3. The first-order valence-electron chi connectivity index (χ1n) is 9.51. The van der Waals surface area contributed by atoms with Crippen LogP contribution in [0.2, 0.25) is 5.02 Å². The second-order valence-electron chi connectivity index (χ2n) is 7.05. The number of fused-ring (bicyclic) bond motifs is 2. The normalized spacial score (nSPS) is 11.8. The molecule has 0 atom stereocenters. The molecule has 0 radical (unpaired) electrons. The molecule has 0 spiro atoms. The fourth-order valence-electron chi connectivity index (χ4n) is 3.63. The first kappa shape index (κ1) is 20.4. The molecule has 0 unspecified atom stereocenters. The van der Waals surface area contributed by atoms with Gasteiger partial charge in [-0.1, -0.05) is 41.9 Å². The minimum Gasteiger partial charge on any atom is -0.469 e. The van der Waals surface area contributed by atoms with Crippen molar-refractivity contribution in [3.05, 3.63) is 77.4 Å². The highest BCUT2D eigenvalue weighted by atomic mass is 35.5. The molecule has 0 aliphatic rings. The van der Waals surface area contributed by atoms with Crippen LogP contribution in [0.1, 0.15) is 18.5 Å². The lowest BCUT2D eigenvalue weighted by Gasteiger charge is -2.13. The summed E-state index contributed by atoms with van der Waals surface area (Å²) < 4.78 is 33.4. The van der Waals surface area contributed by atoms with Crippen LogP contribution < -0.4 is 0 Å². The van der Waals surface area contributed by atoms with Crippen molar-refractivity contribution in [3.63, 3.8) is 0 Å². The highest BCUT2D eigenvalue weighted by Gasteiger charge is 2.23. The Balaban J connectivity index is 1.83. The second kappa shape index (κ2) is 8.13. The molecule has 0 aliphatic carbocycles. The Kier molecular flexibility index (Phi) is 5.54. The van der Waals surface area contributed by atoms with Crippen molar-refractivity contribution >= 4 is 49.3 Å². The summed E-state index contributed by atoms with van der Waals surface area (Å²) in [7, 11) is -2.52. The van der Waals surface area contributed by atoms with Gasteiger partial charge in [0.1, 0.15) is 0 Å². The Morgan fingerprint density at radius 1 is 0.967 bits per heavy atom. The van der Waals surface area contributed by atoms with E-state index >= 15 is 0 Å². The van der Waals surface area contributed by atoms with Gasteiger partial charge in [-0.2, -0.15) is 0 Å². The molecule has 0 saturated carbocycles. The molecule has 0 saturated heterocycles. The quantitative estimate of drug-likeness (QED) is 0.387. The van der Waals surface area contributed by atoms with Crippen LogP contribution in [0.3, 0.4) is 0 Å².